The zero-order chi connectivity index (χ0) is 46.3. The van der Waals surface area contributed by atoms with E-state index in [0.29, 0.717) is 25.7 Å². The van der Waals surface area contributed by atoms with Gasteiger partial charge in [-0.15, -0.1) is 11.8 Å². The normalized spacial score (nSPS) is 25.9. The molecule has 1 aromatic carbocycles. The third-order valence-corrected chi connectivity index (χ3v) is 25.7. The van der Waals surface area contributed by atoms with Gasteiger partial charge in [-0.3, -0.25) is 9.59 Å². The summed E-state index contributed by atoms with van der Waals surface area (Å²) in [5, 5.41) is 0.239. The summed E-state index contributed by atoms with van der Waals surface area (Å²) >= 11 is 1.62. The second-order valence-electron chi connectivity index (χ2n) is 22.9. The SMILES string of the molecule is CCCCCCCCCCCC[C@H](O[Si](C)(C)C(C)(C)C)[C@@H]1CC[C@H]([C@@H](CCCCC(=O)C[C@H]2CCC[C@@H](CC3(Sc4ccccc4)C[C@H](C)OC3=O)O2)O[Si](C)(C)C(C)(C)C)O1. The Labute approximate surface area is 393 Å². The molecule has 0 saturated carbocycles. The molecule has 3 heterocycles. The fraction of sp³-hybridized carbons (Fsp3) is 0.849. The Morgan fingerprint density at radius 1 is 0.730 bits per heavy atom. The lowest BCUT2D eigenvalue weighted by Crippen LogP contribution is -2.48. The van der Waals surface area contributed by atoms with Crippen LogP contribution < -0.4 is 0 Å². The van der Waals surface area contributed by atoms with Gasteiger partial charge in [0.25, 0.3) is 0 Å². The quantitative estimate of drug-likeness (QED) is 0.0467. The monoisotopic (exact) mass is 931 g/mol. The van der Waals surface area contributed by atoms with E-state index >= 15 is 0 Å². The van der Waals surface area contributed by atoms with Crippen molar-refractivity contribution in [2.45, 2.75) is 292 Å². The molecular weight excluding hydrogens is 837 g/mol. The average molecular weight is 932 g/mol. The predicted molar refractivity (Wildman–Crippen MR) is 269 cm³/mol. The number of unbranched alkanes of at least 4 members (excludes halogenated alkanes) is 10. The van der Waals surface area contributed by atoms with Crippen LogP contribution in [0, 0.1) is 0 Å². The molecule has 8 atom stereocenters. The molecular formula is C53H94O7SSi2. The molecule has 0 N–H and O–H groups in total. The van der Waals surface area contributed by atoms with E-state index in [1.54, 1.807) is 11.8 Å². The Morgan fingerprint density at radius 2 is 1.24 bits per heavy atom. The Kier molecular flexibility index (Phi) is 22.0. The van der Waals surface area contributed by atoms with E-state index in [1.807, 2.05) is 25.1 Å². The lowest BCUT2D eigenvalue weighted by molar-refractivity contribution is -0.144. The first-order valence-electron chi connectivity index (χ1n) is 25.8. The highest BCUT2D eigenvalue weighted by Gasteiger charge is 2.51. The van der Waals surface area contributed by atoms with Gasteiger partial charge in [-0.1, -0.05) is 137 Å². The van der Waals surface area contributed by atoms with Crippen molar-refractivity contribution in [1.29, 1.82) is 0 Å². The summed E-state index contributed by atoms with van der Waals surface area (Å²) in [6.07, 6.45) is 24.3. The number of hydrogen-bond acceptors (Lipinski definition) is 8. The largest absolute Gasteiger partial charge is 0.462 e. The molecule has 3 saturated heterocycles. The van der Waals surface area contributed by atoms with Crippen LogP contribution >= 0.6 is 11.8 Å². The van der Waals surface area contributed by atoms with Crippen LogP contribution in [0.3, 0.4) is 0 Å². The molecule has 0 radical (unpaired) electrons. The van der Waals surface area contributed by atoms with E-state index in [9.17, 15) is 9.59 Å². The van der Waals surface area contributed by atoms with E-state index in [-0.39, 0.29) is 64.6 Å². The van der Waals surface area contributed by atoms with Gasteiger partial charge >= 0.3 is 5.97 Å². The van der Waals surface area contributed by atoms with Gasteiger partial charge in [0.15, 0.2) is 16.6 Å². The zero-order valence-electron chi connectivity index (χ0n) is 42.5. The summed E-state index contributed by atoms with van der Waals surface area (Å²) in [5.74, 6) is 0.142. The number of rotatable bonds is 28. The lowest BCUT2D eigenvalue weighted by Gasteiger charge is -2.42. The van der Waals surface area contributed by atoms with Gasteiger partial charge in [0, 0.05) is 24.2 Å². The number of cyclic esters (lactones) is 1. The Balaban J connectivity index is 1.31. The second-order valence-corrected chi connectivity index (χ2v) is 33.9. The predicted octanol–water partition coefficient (Wildman–Crippen LogP) is 15.3. The Bertz CT molecular complexity index is 1490. The maximum absolute atomic E-state index is 13.5. The highest BCUT2D eigenvalue weighted by Crippen LogP contribution is 2.47. The van der Waals surface area contributed by atoms with E-state index in [2.05, 4.69) is 86.8 Å². The summed E-state index contributed by atoms with van der Waals surface area (Å²) in [7, 11) is -4.08. The van der Waals surface area contributed by atoms with Crippen molar-refractivity contribution in [2.24, 2.45) is 0 Å². The van der Waals surface area contributed by atoms with Crippen molar-refractivity contribution in [3.8, 4) is 0 Å². The Hall–Kier alpha value is -1.02. The van der Waals surface area contributed by atoms with Crippen LogP contribution in [0.15, 0.2) is 35.2 Å². The molecule has 362 valence electrons. The molecule has 0 spiro atoms. The highest BCUT2D eigenvalue weighted by atomic mass is 32.2. The van der Waals surface area contributed by atoms with E-state index in [1.165, 1.54) is 64.2 Å². The molecule has 4 rings (SSSR count). The summed E-state index contributed by atoms with van der Waals surface area (Å²) < 4.78 is 33.3. The van der Waals surface area contributed by atoms with Crippen molar-refractivity contribution in [3.63, 3.8) is 0 Å². The summed E-state index contributed by atoms with van der Waals surface area (Å²) in [6, 6.07) is 10.2. The number of Topliss-reactive ketones (excluding diaryl/α,β-unsaturated/α-hetero) is 1. The molecule has 3 fully saturated rings. The summed E-state index contributed by atoms with van der Waals surface area (Å²) in [6.45, 7) is 27.8. The van der Waals surface area contributed by atoms with Crippen LogP contribution in [0.2, 0.25) is 36.3 Å². The molecule has 0 aliphatic carbocycles. The van der Waals surface area contributed by atoms with E-state index in [0.717, 1.165) is 62.7 Å². The van der Waals surface area contributed by atoms with Gasteiger partial charge in [0.2, 0.25) is 0 Å². The zero-order valence-corrected chi connectivity index (χ0v) is 45.3. The van der Waals surface area contributed by atoms with Crippen LogP contribution in [0.5, 0.6) is 0 Å². The van der Waals surface area contributed by atoms with Gasteiger partial charge in [0.05, 0.1) is 36.6 Å². The number of hydrogen-bond donors (Lipinski definition) is 0. The van der Waals surface area contributed by atoms with Crippen molar-refractivity contribution in [2.75, 3.05) is 0 Å². The van der Waals surface area contributed by atoms with Crippen molar-refractivity contribution in [3.05, 3.63) is 30.3 Å². The van der Waals surface area contributed by atoms with Crippen LogP contribution in [0.4, 0.5) is 0 Å². The number of benzene rings is 1. The van der Waals surface area contributed by atoms with Crippen LogP contribution in [0.25, 0.3) is 0 Å². The van der Waals surface area contributed by atoms with Crippen LogP contribution in [0.1, 0.15) is 203 Å². The van der Waals surface area contributed by atoms with Gasteiger partial charge in [-0.25, -0.2) is 0 Å². The lowest BCUT2D eigenvalue weighted by atomic mass is 9.91. The topological polar surface area (TPSA) is 80.3 Å². The molecule has 3 aliphatic rings. The van der Waals surface area contributed by atoms with Gasteiger partial charge in [-0.2, -0.15) is 0 Å². The number of thioether (sulfide) groups is 1. The minimum absolute atomic E-state index is 0.0188. The minimum atomic E-state index is -2.08. The van der Waals surface area contributed by atoms with Gasteiger partial charge in [0.1, 0.15) is 16.6 Å². The third-order valence-electron chi connectivity index (χ3n) is 15.3. The van der Waals surface area contributed by atoms with Crippen molar-refractivity contribution < 1.29 is 32.7 Å². The molecule has 10 heteroatoms. The number of carbonyl (C=O) groups is 2. The fourth-order valence-electron chi connectivity index (χ4n) is 9.38. The standard InChI is InChI=1S/C53H94O7SSi2/c1-13-14-15-16-17-18-19-20-21-25-34-48(59-62(9,10)51(3,4)5)46-36-37-47(58-46)49(60-63(11,12)52(6,7)8)35-27-26-29-42(54)38-43-30-28-31-44(57-43)40-53(39-41(2)56-50(53)55)61-45-32-23-22-24-33-45/h22-24,32-33,41,43-44,46-49H,13-21,25-31,34-40H2,1-12H3/t41-,43+,44-,46-,47+,48-,49+,53?/m0/s1. The van der Waals surface area contributed by atoms with E-state index in [4.69, 9.17) is 23.1 Å². The molecule has 3 aliphatic heterocycles. The molecule has 7 nitrogen and oxygen atoms in total. The molecule has 0 bridgehead atoms. The van der Waals surface area contributed by atoms with Crippen LogP contribution in [-0.4, -0.2) is 75.9 Å². The van der Waals surface area contributed by atoms with E-state index < -0.39 is 21.4 Å². The summed E-state index contributed by atoms with van der Waals surface area (Å²) in [5.41, 5.74) is 0. The molecule has 63 heavy (non-hydrogen) atoms. The maximum Gasteiger partial charge on any atom is 0.323 e. The highest BCUT2D eigenvalue weighted by molar-refractivity contribution is 8.01. The molecule has 0 amide bonds. The molecule has 1 unspecified atom stereocenters. The van der Waals surface area contributed by atoms with Crippen molar-refractivity contribution in [1.82, 2.24) is 0 Å². The average Bonchev–Trinajstić information content (AvgIpc) is 3.79. The first-order chi connectivity index (χ1) is 29.6. The smallest absolute Gasteiger partial charge is 0.323 e. The van der Waals surface area contributed by atoms with Gasteiger partial charge in [-0.05, 0) is 113 Å². The number of carbonyl (C=O) groups excluding carboxylic acids is 2. The first-order valence-corrected chi connectivity index (χ1v) is 32.4. The molecule has 0 aromatic heterocycles. The minimum Gasteiger partial charge on any atom is -0.462 e. The number of ketones is 1. The second kappa shape index (κ2) is 25.4. The van der Waals surface area contributed by atoms with Crippen LogP contribution in [-0.2, 0) is 32.7 Å². The first kappa shape index (κ1) is 54.6. The fourth-order valence-corrected chi connectivity index (χ4v) is 13.6. The molecule has 1 aromatic rings. The summed E-state index contributed by atoms with van der Waals surface area (Å²) in [4.78, 5) is 27.9. The Morgan fingerprint density at radius 3 is 1.75 bits per heavy atom. The number of ether oxygens (including phenoxy) is 3. The maximum atomic E-state index is 13.5. The van der Waals surface area contributed by atoms with Gasteiger partial charge < -0.3 is 23.1 Å². The third kappa shape index (κ3) is 17.5. The van der Waals surface area contributed by atoms with Crippen molar-refractivity contribution >= 4 is 40.1 Å². The number of esters is 1.